The number of carbonyl (C=O) groups is 1. The van der Waals surface area contributed by atoms with Crippen LogP contribution in [0, 0.1) is 11.8 Å². The Balaban J connectivity index is 1.43. The van der Waals surface area contributed by atoms with E-state index in [0.717, 1.165) is 55.9 Å². The lowest BCUT2D eigenvalue weighted by Gasteiger charge is -2.41. The molecule has 2 atom stereocenters. The first kappa shape index (κ1) is 17.5. The molecule has 4 heteroatoms. The van der Waals surface area contributed by atoms with Crippen molar-refractivity contribution >= 4 is 5.78 Å². The highest BCUT2D eigenvalue weighted by Gasteiger charge is 2.50. The number of nitrogens with zero attached hydrogens (tertiary/aromatic N) is 1. The molecule has 4 nitrogen and oxygen atoms in total. The maximum absolute atomic E-state index is 12.1. The Hall–Kier alpha value is -1.55. The Morgan fingerprint density at radius 3 is 2.44 bits per heavy atom. The van der Waals surface area contributed by atoms with Gasteiger partial charge in [0.05, 0.1) is 13.2 Å². The largest absolute Gasteiger partial charge is 0.489 e. The SMILES string of the molecule is CN1CC[C@]2(c3ccc(OCC4CC4)c(OCC4CC4)c3)CCC(=O)C[C@H]12. The van der Waals surface area contributed by atoms with E-state index in [9.17, 15) is 4.79 Å². The van der Waals surface area contributed by atoms with E-state index in [2.05, 4.69) is 30.1 Å². The lowest BCUT2D eigenvalue weighted by Crippen LogP contribution is -2.46. The van der Waals surface area contributed by atoms with Crippen molar-refractivity contribution in [3.8, 4) is 11.5 Å². The third-order valence-electron chi connectivity index (χ3n) is 7.21. The summed E-state index contributed by atoms with van der Waals surface area (Å²) >= 11 is 0. The zero-order valence-electron chi connectivity index (χ0n) is 16.4. The van der Waals surface area contributed by atoms with Crippen LogP contribution in [-0.2, 0) is 10.2 Å². The number of hydrogen-bond acceptors (Lipinski definition) is 4. The van der Waals surface area contributed by atoms with Crippen LogP contribution in [-0.4, -0.2) is 43.5 Å². The molecule has 0 spiro atoms. The Kier molecular flexibility index (Phi) is 4.42. The number of benzene rings is 1. The van der Waals surface area contributed by atoms with Crippen molar-refractivity contribution in [2.24, 2.45) is 11.8 Å². The lowest BCUT2D eigenvalue weighted by molar-refractivity contribution is -0.122. The maximum Gasteiger partial charge on any atom is 0.161 e. The number of ether oxygens (including phenoxy) is 2. The number of likely N-dealkylation sites (tertiary alicyclic amines) is 1. The predicted molar refractivity (Wildman–Crippen MR) is 104 cm³/mol. The molecule has 1 saturated heterocycles. The number of ketones is 1. The zero-order valence-corrected chi connectivity index (χ0v) is 16.4. The minimum atomic E-state index is 0.0926. The molecule has 146 valence electrons. The molecule has 0 N–H and O–H groups in total. The zero-order chi connectivity index (χ0) is 18.4. The summed E-state index contributed by atoms with van der Waals surface area (Å²) in [6.45, 7) is 2.68. The van der Waals surface area contributed by atoms with Crippen molar-refractivity contribution in [2.45, 2.75) is 62.8 Å². The van der Waals surface area contributed by atoms with Gasteiger partial charge in [-0.05, 0) is 81.6 Å². The number of rotatable bonds is 7. The van der Waals surface area contributed by atoms with Gasteiger partial charge in [0, 0.05) is 24.3 Å². The molecule has 0 amide bonds. The second-order valence-electron chi connectivity index (χ2n) is 9.32. The van der Waals surface area contributed by atoms with Crippen LogP contribution in [0.15, 0.2) is 18.2 Å². The summed E-state index contributed by atoms with van der Waals surface area (Å²) in [5.74, 6) is 3.69. The van der Waals surface area contributed by atoms with Crippen LogP contribution >= 0.6 is 0 Å². The van der Waals surface area contributed by atoms with Crippen molar-refractivity contribution < 1.29 is 14.3 Å². The third kappa shape index (κ3) is 3.49. The van der Waals surface area contributed by atoms with Gasteiger partial charge in [-0.25, -0.2) is 0 Å². The second kappa shape index (κ2) is 6.80. The van der Waals surface area contributed by atoms with Crippen LogP contribution < -0.4 is 9.47 Å². The summed E-state index contributed by atoms with van der Waals surface area (Å²) in [6, 6.07) is 6.94. The summed E-state index contributed by atoms with van der Waals surface area (Å²) < 4.78 is 12.3. The van der Waals surface area contributed by atoms with E-state index in [-0.39, 0.29) is 5.41 Å². The Morgan fingerprint density at radius 2 is 1.74 bits per heavy atom. The second-order valence-corrected chi connectivity index (χ2v) is 9.32. The standard InChI is InChI=1S/C23H31NO3/c1-24-11-10-23(9-8-19(25)13-22(23)24)18-6-7-20(26-14-16-2-3-16)21(12-18)27-15-17-4-5-17/h6-7,12,16-17,22H,2-5,8-11,13-15H2,1H3/t22-,23-/m0/s1. The number of Topliss-reactive ketones (excluding diaryl/α,β-unsaturated/α-hetero) is 1. The molecule has 27 heavy (non-hydrogen) atoms. The van der Waals surface area contributed by atoms with Crippen molar-refractivity contribution in [3.05, 3.63) is 23.8 Å². The van der Waals surface area contributed by atoms with Gasteiger partial charge in [0.25, 0.3) is 0 Å². The summed E-state index contributed by atoms with van der Waals surface area (Å²) in [5.41, 5.74) is 1.43. The Morgan fingerprint density at radius 1 is 1.04 bits per heavy atom. The lowest BCUT2D eigenvalue weighted by atomic mass is 9.66. The fraction of sp³-hybridized carbons (Fsp3) is 0.696. The summed E-state index contributed by atoms with van der Waals surface area (Å²) in [5, 5.41) is 0. The molecule has 1 aromatic carbocycles. The Bertz CT molecular complexity index is 724. The van der Waals surface area contributed by atoms with Crippen molar-refractivity contribution in [1.29, 1.82) is 0 Å². The Labute approximate surface area is 162 Å². The van der Waals surface area contributed by atoms with E-state index in [4.69, 9.17) is 9.47 Å². The van der Waals surface area contributed by atoms with Crippen molar-refractivity contribution in [3.63, 3.8) is 0 Å². The highest BCUT2D eigenvalue weighted by molar-refractivity contribution is 5.81. The molecule has 0 bridgehead atoms. The molecule has 0 unspecified atom stereocenters. The van der Waals surface area contributed by atoms with E-state index >= 15 is 0 Å². The fourth-order valence-electron chi connectivity index (χ4n) is 4.96. The van der Waals surface area contributed by atoms with E-state index in [1.165, 1.54) is 31.2 Å². The minimum Gasteiger partial charge on any atom is -0.489 e. The average Bonchev–Trinajstić information content (AvgIpc) is 3.59. The predicted octanol–water partition coefficient (Wildman–Crippen LogP) is 3.96. The van der Waals surface area contributed by atoms with E-state index < -0.39 is 0 Å². The first-order valence-electron chi connectivity index (χ1n) is 10.8. The minimum absolute atomic E-state index is 0.0926. The van der Waals surface area contributed by atoms with Gasteiger partial charge in [-0.3, -0.25) is 4.79 Å². The van der Waals surface area contributed by atoms with Gasteiger partial charge >= 0.3 is 0 Å². The summed E-state index contributed by atoms with van der Waals surface area (Å²) in [7, 11) is 2.17. The number of carbonyl (C=O) groups excluding carboxylic acids is 1. The molecule has 4 aliphatic rings. The van der Waals surface area contributed by atoms with Crippen LogP contribution in [0.2, 0.25) is 0 Å². The van der Waals surface area contributed by atoms with Gasteiger partial charge in [0.2, 0.25) is 0 Å². The van der Waals surface area contributed by atoms with E-state index in [1.807, 2.05) is 0 Å². The quantitative estimate of drug-likeness (QED) is 0.729. The topological polar surface area (TPSA) is 38.8 Å². The molecule has 1 heterocycles. The monoisotopic (exact) mass is 369 g/mol. The number of fused-ring (bicyclic) bond motifs is 1. The molecule has 1 aromatic rings. The third-order valence-corrected chi connectivity index (χ3v) is 7.21. The molecule has 5 rings (SSSR count). The maximum atomic E-state index is 12.1. The molecular weight excluding hydrogens is 338 g/mol. The molecule has 3 saturated carbocycles. The number of hydrogen-bond donors (Lipinski definition) is 0. The highest BCUT2D eigenvalue weighted by Crippen LogP contribution is 2.49. The first-order chi connectivity index (χ1) is 13.1. The van der Waals surface area contributed by atoms with E-state index in [1.54, 1.807) is 0 Å². The molecule has 3 aliphatic carbocycles. The summed E-state index contributed by atoms with van der Waals surface area (Å²) in [4.78, 5) is 14.5. The van der Waals surface area contributed by atoms with Crippen molar-refractivity contribution in [2.75, 3.05) is 26.8 Å². The van der Waals surface area contributed by atoms with Gasteiger partial charge < -0.3 is 14.4 Å². The van der Waals surface area contributed by atoms with Crippen molar-refractivity contribution in [1.82, 2.24) is 4.90 Å². The number of likely N-dealkylation sites (N-methyl/N-ethyl adjacent to an activating group) is 1. The van der Waals surface area contributed by atoms with Gasteiger partial charge in [0.1, 0.15) is 5.78 Å². The molecule has 0 radical (unpaired) electrons. The average molecular weight is 370 g/mol. The van der Waals surface area contributed by atoms with Crippen LogP contribution in [0.5, 0.6) is 11.5 Å². The van der Waals surface area contributed by atoms with E-state index in [0.29, 0.717) is 24.7 Å². The highest BCUT2D eigenvalue weighted by atomic mass is 16.5. The molecule has 1 aliphatic heterocycles. The van der Waals surface area contributed by atoms with Crippen LogP contribution in [0.1, 0.15) is 56.9 Å². The van der Waals surface area contributed by atoms with Gasteiger partial charge in [-0.1, -0.05) is 6.07 Å². The smallest absolute Gasteiger partial charge is 0.161 e. The molecule has 0 aromatic heterocycles. The molecule has 4 fully saturated rings. The first-order valence-corrected chi connectivity index (χ1v) is 10.8. The van der Waals surface area contributed by atoms with Crippen LogP contribution in [0.4, 0.5) is 0 Å². The van der Waals surface area contributed by atoms with Gasteiger partial charge in [-0.15, -0.1) is 0 Å². The van der Waals surface area contributed by atoms with Crippen LogP contribution in [0.25, 0.3) is 0 Å². The summed E-state index contributed by atoms with van der Waals surface area (Å²) in [6.07, 6.45) is 8.66. The fourth-order valence-corrected chi connectivity index (χ4v) is 4.96. The van der Waals surface area contributed by atoms with Crippen LogP contribution in [0.3, 0.4) is 0 Å². The normalized spacial score (nSPS) is 31.0. The van der Waals surface area contributed by atoms with Gasteiger partial charge in [0.15, 0.2) is 11.5 Å². The van der Waals surface area contributed by atoms with Gasteiger partial charge in [-0.2, -0.15) is 0 Å². The molecular formula is C23H31NO3.